The Morgan fingerprint density at radius 3 is 2.74 bits per heavy atom. The molecule has 0 spiro atoms. The first-order valence-corrected chi connectivity index (χ1v) is 8.44. The van der Waals surface area contributed by atoms with E-state index in [0.29, 0.717) is 18.0 Å². The number of nitrogens with zero attached hydrogens (tertiary/aromatic N) is 3. The van der Waals surface area contributed by atoms with E-state index in [1.54, 1.807) is 22.3 Å². The van der Waals surface area contributed by atoms with Crippen molar-refractivity contribution < 1.29 is 4.79 Å². The zero-order chi connectivity index (χ0) is 16.1. The standard InChI is InChI=1S/C16H15ClN4OS/c17-14-3-1-12(2-4-14)16(13-6-8-23-9-13)20-15(22)5-7-21-11-18-10-19-21/h1-4,6,8-11,16H,5,7H2,(H,20,22)/t16-/m1/s1. The number of hydrogen-bond acceptors (Lipinski definition) is 4. The number of nitrogens with one attached hydrogen (secondary N) is 1. The number of hydrogen-bond donors (Lipinski definition) is 1. The SMILES string of the molecule is O=C(CCn1cncn1)N[C@H](c1ccc(Cl)cc1)c1ccsc1. The summed E-state index contributed by atoms with van der Waals surface area (Å²) in [4.78, 5) is 16.2. The van der Waals surface area contributed by atoms with Crippen LogP contribution >= 0.6 is 22.9 Å². The second-order valence-corrected chi connectivity index (χ2v) is 6.23. The third-order valence-electron chi connectivity index (χ3n) is 3.42. The number of carbonyl (C=O) groups excluding carboxylic acids is 1. The number of benzene rings is 1. The first-order chi connectivity index (χ1) is 11.2. The van der Waals surface area contributed by atoms with Crippen LogP contribution in [0.1, 0.15) is 23.6 Å². The Balaban J connectivity index is 1.71. The second-order valence-electron chi connectivity index (χ2n) is 5.02. The van der Waals surface area contributed by atoms with Gasteiger partial charge in [-0.05, 0) is 40.1 Å². The molecule has 0 saturated heterocycles. The lowest BCUT2D eigenvalue weighted by molar-refractivity contribution is -0.121. The van der Waals surface area contributed by atoms with E-state index >= 15 is 0 Å². The molecule has 0 radical (unpaired) electrons. The Morgan fingerprint density at radius 1 is 1.26 bits per heavy atom. The number of halogens is 1. The summed E-state index contributed by atoms with van der Waals surface area (Å²) in [6, 6.07) is 9.36. The van der Waals surface area contributed by atoms with E-state index in [-0.39, 0.29) is 11.9 Å². The summed E-state index contributed by atoms with van der Waals surface area (Å²) in [5, 5.41) is 11.8. The Morgan fingerprint density at radius 2 is 2.09 bits per heavy atom. The van der Waals surface area contributed by atoms with Gasteiger partial charge in [-0.25, -0.2) is 4.98 Å². The topological polar surface area (TPSA) is 59.8 Å². The molecule has 0 saturated carbocycles. The summed E-state index contributed by atoms with van der Waals surface area (Å²) in [5.74, 6) is -0.0355. The first kappa shape index (κ1) is 15.7. The van der Waals surface area contributed by atoms with E-state index in [2.05, 4.69) is 15.4 Å². The lowest BCUT2D eigenvalue weighted by Gasteiger charge is -2.18. The summed E-state index contributed by atoms with van der Waals surface area (Å²) in [6.07, 6.45) is 3.40. The van der Waals surface area contributed by atoms with Crippen molar-refractivity contribution in [1.82, 2.24) is 20.1 Å². The van der Waals surface area contributed by atoms with E-state index in [0.717, 1.165) is 11.1 Å². The molecular formula is C16H15ClN4OS. The molecule has 2 aromatic heterocycles. The van der Waals surface area contributed by atoms with Crippen LogP contribution in [0.15, 0.2) is 53.7 Å². The van der Waals surface area contributed by atoms with Gasteiger partial charge in [-0.1, -0.05) is 23.7 Å². The molecule has 0 bridgehead atoms. The number of carbonyl (C=O) groups is 1. The fraction of sp³-hybridized carbons (Fsp3) is 0.188. The van der Waals surface area contributed by atoms with Crippen LogP contribution in [0.25, 0.3) is 0 Å². The van der Waals surface area contributed by atoms with E-state index in [4.69, 9.17) is 11.6 Å². The maximum atomic E-state index is 12.3. The molecule has 7 heteroatoms. The average molecular weight is 347 g/mol. The van der Waals surface area contributed by atoms with Gasteiger partial charge >= 0.3 is 0 Å². The van der Waals surface area contributed by atoms with Gasteiger partial charge in [0.1, 0.15) is 12.7 Å². The van der Waals surface area contributed by atoms with E-state index in [1.165, 1.54) is 6.33 Å². The average Bonchev–Trinajstić information content (AvgIpc) is 3.25. The Kier molecular flexibility index (Phi) is 5.05. The molecular weight excluding hydrogens is 332 g/mol. The van der Waals surface area contributed by atoms with Crippen molar-refractivity contribution in [3.63, 3.8) is 0 Å². The van der Waals surface area contributed by atoms with Gasteiger partial charge < -0.3 is 5.32 Å². The number of rotatable bonds is 6. The van der Waals surface area contributed by atoms with E-state index < -0.39 is 0 Å². The fourth-order valence-corrected chi connectivity index (χ4v) is 3.06. The van der Waals surface area contributed by atoms with Gasteiger partial charge in [0.15, 0.2) is 0 Å². The zero-order valence-corrected chi connectivity index (χ0v) is 13.8. The van der Waals surface area contributed by atoms with Gasteiger partial charge in [-0.2, -0.15) is 16.4 Å². The molecule has 1 N–H and O–H groups in total. The molecule has 0 fully saturated rings. The lowest BCUT2D eigenvalue weighted by atomic mass is 10.0. The minimum atomic E-state index is -0.179. The highest BCUT2D eigenvalue weighted by molar-refractivity contribution is 7.08. The van der Waals surface area contributed by atoms with Crippen LogP contribution in [0, 0.1) is 0 Å². The molecule has 3 aromatic rings. The van der Waals surface area contributed by atoms with Crippen LogP contribution in [-0.4, -0.2) is 20.7 Å². The predicted octanol–water partition coefficient (Wildman–Crippen LogP) is 3.29. The maximum absolute atomic E-state index is 12.3. The molecule has 23 heavy (non-hydrogen) atoms. The van der Waals surface area contributed by atoms with Crippen molar-refractivity contribution in [3.8, 4) is 0 Å². The molecule has 2 heterocycles. The van der Waals surface area contributed by atoms with Crippen molar-refractivity contribution in [2.24, 2.45) is 0 Å². The van der Waals surface area contributed by atoms with Crippen molar-refractivity contribution in [3.05, 3.63) is 69.9 Å². The fourth-order valence-electron chi connectivity index (χ4n) is 2.25. The largest absolute Gasteiger partial charge is 0.345 e. The Labute approximate surface area is 142 Å². The summed E-state index contributed by atoms with van der Waals surface area (Å²) in [6.45, 7) is 0.503. The second kappa shape index (κ2) is 7.39. The molecule has 1 aromatic carbocycles. The van der Waals surface area contributed by atoms with Crippen molar-refractivity contribution in [1.29, 1.82) is 0 Å². The Bertz CT molecular complexity index is 741. The number of aromatic nitrogens is 3. The maximum Gasteiger partial charge on any atom is 0.222 e. The molecule has 0 aliphatic rings. The van der Waals surface area contributed by atoms with Gasteiger partial charge in [-0.15, -0.1) is 0 Å². The van der Waals surface area contributed by atoms with Crippen LogP contribution in [0.2, 0.25) is 5.02 Å². The molecule has 3 rings (SSSR count). The summed E-state index contributed by atoms with van der Waals surface area (Å²) in [7, 11) is 0. The summed E-state index contributed by atoms with van der Waals surface area (Å²) < 4.78 is 1.64. The third-order valence-corrected chi connectivity index (χ3v) is 4.37. The number of thiophene rings is 1. The summed E-state index contributed by atoms with van der Waals surface area (Å²) >= 11 is 7.56. The van der Waals surface area contributed by atoms with Crippen LogP contribution in [0.3, 0.4) is 0 Å². The molecule has 1 amide bonds. The molecule has 0 unspecified atom stereocenters. The van der Waals surface area contributed by atoms with Gasteiger partial charge in [-0.3, -0.25) is 9.48 Å². The summed E-state index contributed by atoms with van der Waals surface area (Å²) in [5.41, 5.74) is 2.06. The predicted molar refractivity (Wildman–Crippen MR) is 90.4 cm³/mol. The minimum Gasteiger partial charge on any atom is -0.345 e. The van der Waals surface area contributed by atoms with Gasteiger partial charge in [0.25, 0.3) is 0 Å². The number of amides is 1. The highest BCUT2D eigenvalue weighted by atomic mass is 35.5. The van der Waals surface area contributed by atoms with Gasteiger partial charge in [0.2, 0.25) is 5.91 Å². The molecule has 5 nitrogen and oxygen atoms in total. The van der Waals surface area contributed by atoms with Gasteiger partial charge in [0, 0.05) is 11.4 Å². The van der Waals surface area contributed by atoms with Crippen molar-refractivity contribution in [2.45, 2.75) is 19.0 Å². The highest BCUT2D eigenvalue weighted by Gasteiger charge is 2.17. The normalized spacial score (nSPS) is 12.0. The molecule has 0 aliphatic carbocycles. The molecule has 1 atom stereocenters. The number of aryl methyl sites for hydroxylation is 1. The van der Waals surface area contributed by atoms with Crippen molar-refractivity contribution in [2.75, 3.05) is 0 Å². The van der Waals surface area contributed by atoms with Crippen molar-refractivity contribution >= 4 is 28.8 Å². The molecule has 0 aliphatic heterocycles. The van der Waals surface area contributed by atoms with Crippen LogP contribution in [-0.2, 0) is 11.3 Å². The van der Waals surface area contributed by atoms with Crippen LogP contribution in [0.5, 0.6) is 0 Å². The smallest absolute Gasteiger partial charge is 0.222 e. The van der Waals surface area contributed by atoms with Crippen LogP contribution < -0.4 is 5.32 Å². The monoisotopic (exact) mass is 346 g/mol. The Hall–Kier alpha value is -2.18. The lowest BCUT2D eigenvalue weighted by Crippen LogP contribution is -2.29. The third kappa shape index (κ3) is 4.18. The van der Waals surface area contributed by atoms with E-state index in [1.807, 2.05) is 41.1 Å². The quantitative estimate of drug-likeness (QED) is 0.745. The highest BCUT2D eigenvalue weighted by Crippen LogP contribution is 2.25. The van der Waals surface area contributed by atoms with Crippen LogP contribution in [0.4, 0.5) is 0 Å². The minimum absolute atomic E-state index is 0.0355. The first-order valence-electron chi connectivity index (χ1n) is 7.12. The van der Waals surface area contributed by atoms with E-state index in [9.17, 15) is 4.79 Å². The molecule has 118 valence electrons. The van der Waals surface area contributed by atoms with Gasteiger partial charge in [0.05, 0.1) is 12.6 Å². The zero-order valence-electron chi connectivity index (χ0n) is 12.2.